The second-order valence-electron chi connectivity index (χ2n) is 8.55. The number of amides is 1. The maximum absolute atomic E-state index is 13.4. The van der Waals surface area contributed by atoms with Crippen molar-refractivity contribution >= 4 is 11.7 Å². The van der Waals surface area contributed by atoms with Crippen LogP contribution in [0, 0.1) is 17.7 Å². The standard InChI is InChI=1S/C23H31FN4O2/c1-15(2)12-17(23(30)25-3)13-20(29)21-19-14-27(4)10-5-11-28(19)22(26-21)16-6-8-18(24)9-7-16/h6-9,15,17H,5,10-14H2,1-4H3,(H,25,30)/t17-/m1/s1. The van der Waals surface area contributed by atoms with E-state index in [-0.39, 0.29) is 29.8 Å². The van der Waals surface area contributed by atoms with Gasteiger partial charge in [0, 0.05) is 38.0 Å². The van der Waals surface area contributed by atoms with E-state index in [9.17, 15) is 14.0 Å². The fourth-order valence-electron chi connectivity index (χ4n) is 4.14. The Labute approximate surface area is 177 Å². The van der Waals surface area contributed by atoms with E-state index in [0.29, 0.717) is 30.4 Å². The SMILES string of the molecule is CNC(=O)[C@@H](CC(=O)c1nc(-c2ccc(F)cc2)n2c1CN(C)CCC2)CC(C)C. The van der Waals surface area contributed by atoms with Gasteiger partial charge in [0.1, 0.15) is 17.3 Å². The molecule has 1 amide bonds. The molecule has 0 spiro atoms. The normalized spacial score (nSPS) is 15.5. The molecule has 1 aromatic heterocycles. The number of halogens is 1. The largest absolute Gasteiger partial charge is 0.359 e. The van der Waals surface area contributed by atoms with Crippen molar-refractivity contribution in [1.29, 1.82) is 0 Å². The number of nitrogens with zero attached hydrogens (tertiary/aromatic N) is 3. The maximum Gasteiger partial charge on any atom is 0.223 e. The van der Waals surface area contributed by atoms with Gasteiger partial charge in [-0.25, -0.2) is 9.37 Å². The Bertz CT molecular complexity index is 905. The summed E-state index contributed by atoms with van der Waals surface area (Å²) in [6.45, 7) is 6.38. The zero-order valence-corrected chi connectivity index (χ0v) is 18.2. The predicted octanol–water partition coefficient (Wildman–Crippen LogP) is 3.51. The van der Waals surface area contributed by atoms with E-state index in [0.717, 1.165) is 30.8 Å². The lowest BCUT2D eigenvalue weighted by Gasteiger charge is -2.17. The summed E-state index contributed by atoms with van der Waals surface area (Å²) in [5, 5.41) is 2.68. The number of aromatic nitrogens is 2. The quantitative estimate of drug-likeness (QED) is 0.704. The van der Waals surface area contributed by atoms with Crippen molar-refractivity contribution in [2.45, 2.75) is 46.2 Å². The van der Waals surface area contributed by atoms with E-state index >= 15 is 0 Å². The number of hydrogen-bond acceptors (Lipinski definition) is 4. The highest BCUT2D eigenvalue weighted by Crippen LogP contribution is 2.28. The first-order chi connectivity index (χ1) is 14.3. The molecule has 2 aromatic rings. The Morgan fingerprint density at radius 2 is 1.90 bits per heavy atom. The molecule has 30 heavy (non-hydrogen) atoms. The average Bonchev–Trinajstić information content (AvgIpc) is 2.93. The zero-order valence-electron chi connectivity index (χ0n) is 18.2. The zero-order chi connectivity index (χ0) is 21.8. The molecule has 162 valence electrons. The Kier molecular flexibility index (Phi) is 7.02. The van der Waals surface area contributed by atoms with E-state index in [1.54, 1.807) is 19.2 Å². The lowest BCUT2D eigenvalue weighted by molar-refractivity contribution is -0.124. The summed E-state index contributed by atoms with van der Waals surface area (Å²) in [5.41, 5.74) is 2.09. The molecule has 0 saturated heterocycles. The molecule has 0 saturated carbocycles. The molecule has 1 aliphatic heterocycles. The molecule has 1 aromatic carbocycles. The Balaban J connectivity index is 1.99. The third-order valence-corrected chi connectivity index (χ3v) is 5.59. The van der Waals surface area contributed by atoms with Gasteiger partial charge in [0.15, 0.2) is 5.78 Å². The molecule has 1 atom stereocenters. The third-order valence-electron chi connectivity index (χ3n) is 5.59. The minimum Gasteiger partial charge on any atom is -0.359 e. The summed E-state index contributed by atoms with van der Waals surface area (Å²) in [5.74, 6) is 0.0798. The highest BCUT2D eigenvalue weighted by Gasteiger charge is 2.29. The number of Topliss-reactive ketones (excluding diaryl/α,β-unsaturated/α-hetero) is 1. The Hall–Kier alpha value is -2.54. The summed E-state index contributed by atoms with van der Waals surface area (Å²) >= 11 is 0. The van der Waals surface area contributed by atoms with Crippen LogP contribution in [0.3, 0.4) is 0 Å². The molecule has 7 heteroatoms. The van der Waals surface area contributed by atoms with Crippen molar-refractivity contribution in [3.8, 4) is 11.4 Å². The van der Waals surface area contributed by atoms with Crippen LogP contribution >= 0.6 is 0 Å². The van der Waals surface area contributed by atoms with Crippen molar-refractivity contribution in [2.24, 2.45) is 11.8 Å². The topological polar surface area (TPSA) is 67.2 Å². The molecular formula is C23H31FN4O2. The summed E-state index contributed by atoms with van der Waals surface area (Å²) in [4.78, 5) is 32.5. The first-order valence-electron chi connectivity index (χ1n) is 10.6. The summed E-state index contributed by atoms with van der Waals surface area (Å²) < 4.78 is 15.5. The molecule has 0 aliphatic carbocycles. The molecule has 0 unspecified atom stereocenters. The van der Waals surface area contributed by atoms with Gasteiger partial charge in [0.2, 0.25) is 5.91 Å². The van der Waals surface area contributed by atoms with Crippen molar-refractivity contribution in [3.05, 3.63) is 41.5 Å². The third kappa shape index (κ3) is 4.95. The van der Waals surface area contributed by atoms with Crippen molar-refractivity contribution in [3.63, 3.8) is 0 Å². The predicted molar refractivity (Wildman–Crippen MR) is 115 cm³/mol. The lowest BCUT2D eigenvalue weighted by atomic mass is 9.90. The lowest BCUT2D eigenvalue weighted by Crippen LogP contribution is -2.30. The van der Waals surface area contributed by atoms with Gasteiger partial charge in [0.05, 0.1) is 5.69 Å². The molecule has 0 radical (unpaired) electrons. The second kappa shape index (κ2) is 9.51. The summed E-state index contributed by atoms with van der Waals surface area (Å²) in [6.07, 6.45) is 1.72. The van der Waals surface area contributed by atoms with Gasteiger partial charge in [-0.3, -0.25) is 9.59 Å². The van der Waals surface area contributed by atoms with E-state index in [1.165, 1.54) is 12.1 Å². The maximum atomic E-state index is 13.4. The van der Waals surface area contributed by atoms with Crippen LogP contribution < -0.4 is 5.32 Å². The van der Waals surface area contributed by atoms with Crippen LogP contribution in [0.1, 0.15) is 49.3 Å². The van der Waals surface area contributed by atoms with Gasteiger partial charge in [-0.1, -0.05) is 13.8 Å². The monoisotopic (exact) mass is 414 g/mol. The van der Waals surface area contributed by atoms with Crippen LogP contribution in [0.4, 0.5) is 4.39 Å². The molecule has 0 bridgehead atoms. The van der Waals surface area contributed by atoms with Crippen molar-refractivity contribution < 1.29 is 14.0 Å². The van der Waals surface area contributed by atoms with E-state index in [2.05, 4.69) is 14.8 Å². The number of fused-ring (bicyclic) bond motifs is 1. The van der Waals surface area contributed by atoms with Crippen LogP contribution in [-0.2, 0) is 17.9 Å². The van der Waals surface area contributed by atoms with Gasteiger partial charge in [-0.15, -0.1) is 0 Å². The van der Waals surface area contributed by atoms with E-state index < -0.39 is 0 Å². The van der Waals surface area contributed by atoms with Crippen molar-refractivity contribution in [1.82, 2.24) is 19.8 Å². The van der Waals surface area contributed by atoms with Gasteiger partial charge < -0.3 is 14.8 Å². The van der Waals surface area contributed by atoms with E-state index in [4.69, 9.17) is 4.98 Å². The second-order valence-corrected chi connectivity index (χ2v) is 8.55. The number of rotatable bonds is 7. The number of ketones is 1. The van der Waals surface area contributed by atoms with Crippen LogP contribution in [0.5, 0.6) is 0 Å². The molecule has 3 rings (SSSR count). The number of carbonyl (C=O) groups excluding carboxylic acids is 2. The smallest absolute Gasteiger partial charge is 0.223 e. The summed E-state index contributed by atoms with van der Waals surface area (Å²) in [6, 6.07) is 6.21. The molecule has 1 N–H and O–H groups in total. The molecular weight excluding hydrogens is 383 g/mol. The number of imidazole rings is 1. The molecule has 0 fully saturated rings. The van der Waals surface area contributed by atoms with Gasteiger partial charge in [0.25, 0.3) is 0 Å². The highest BCUT2D eigenvalue weighted by atomic mass is 19.1. The minimum absolute atomic E-state index is 0.113. The van der Waals surface area contributed by atoms with Crippen molar-refractivity contribution in [2.75, 3.05) is 20.6 Å². The first-order valence-corrected chi connectivity index (χ1v) is 10.6. The summed E-state index contributed by atoms with van der Waals surface area (Å²) in [7, 11) is 3.63. The van der Waals surface area contributed by atoms with Crippen LogP contribution in [0.2, 0.25) is 0 Å². The highest BCUT2D eigenvalue weighted by molar-refractivity contribution is 5.98. The van der Waals surface area contributed by atoms with Crippen LogP contribution in [0.15, 0.2) is 24.3 Å². The first kappa shape index (κ1) is 22.2. The Morgan fingerprint density at radius 3 is 2.53 bits per heavy atom. The molecule has 2 heterocycles. The Morgan fingerprint density at radius 1 is 1.20 bits per heavy atom. The molecule has 6 nitrogen and oxygen atoms in total. The number of nitrogens with one attached hydrogen (secondary N) is 1. The molecule has 1 aliphatic rings. The fourth-order valence-corrected chi connectivity index (χ4v) is 4.14. The average molecular weight is 415 g/mol. The number of hydrogen-bond donors (Lipinski definition) is 1. The fraction of sp³-hybridized carbons (Fsp3) is 0.522. The van der Waals surface area contributed by atoms with Gasteiger partial charge in [-0.05, 0) is 56.6 Å². The van der Waals surface area contributed by atoms with E-state index in [1.807, 2.05) is 20.9 Å². The van der Waals surface area contributed by atoms with Gasteiger partial charge >= 0.3 is 0 Å². The minimum atomic E-state index is -0.377. The van der Waals surface area contributed by atoms with Crippen LogP contribution in [0.25, 0.3) is 11.4 Å². The van der Waals surface area contributed by atoms with Crippen LogP contribution in [-0.4, -0.2) is 46.8 Å². The number of benzene rings is 1. The number of carbonyl (C=O) groups is 2. The van der Waals surface area contributed by atoms with Gasteiger partial charge in [-0.2, -0.15) is 0 Å².